The summed E-state index contributed by atoms with van der Waals surface area (Å²) < 4.78 is 0. The van der Waals surface area contributed by atoms with Crippen LogP contribution in [-0.4, -0.2) is 30.4 Å². The van der Waals surface area contributed by atoms with Gasteiger partial charge in [-0.15, -0.1) is 0 Å². The van der Waals surface area contributed by atoms with E-state index >= 15 is 0 Å². The normalized spacial score (nSPS) is 19.4. The Morgan fingerprint density at radius 2 is 2.23 bits per heavy atom. The zero-order valence-electron chi connectivity index (χ0n) is 7.92. The summed E-state index contributed by atoms with van der Waals surface area (Å²) in [6.07, 6.45) is 3.43. The quantitative estimate of drug-likeness (QED) is 0.493. The van der Waals surface area contributed by atoms with Crippen molar-refractivity contribution in [2.24, 2.45) is 5.92 Å². The van der Waals surface area contributed by atoms with Gasteiger partial charge in [-0.05, 0) is 32.5 Å². The van der Waals surface area contributed by atoms with Crippen LogP contribution in [0.15, 0.2) is 0 Å². The van der Waals surface area contributed by atoms with Crippen LogP contribution in [0.25, 0.3) is 0 Å². The average Bonchev–Trinajstić information content (AvgIpc) is 2.18. The molecule has 1 rings (SSSR count). The van der Waals surface area contributed by atoms with Crippen LogP contribution in [0.4, 0.5) is 0 Å². The number of nitrogens with one attached hydrogen (secondary N) is 1. The molecule has 13 heavy (non-hydrogen) atoms. The molecule has 4 nitrogen and oxygen atoms in total. The van der Waals surface area contributed by atoms with Crippen molar-refractivity contribution in [1.29, 1.82) is 5.26 Å². The standard InChI is InChI=1S/C9H15N3O/c1-2-12-5-3-8(4-6-12)9(13)11-7-10/h8H,2-6H2,1H3,(H,11,13). The molecule has 0 spiro atoms. The number of rotatable bonds is 2. The SMILES string of the molecule is CCN1CCC(C(=O)NC#N)CC1. The molecule has 0 atom stereocenters. The van der Waals surface area contributed by atoms with Crippen molar-refractivity contribution in [2.75, 3.05) is 19.6 Å². The molecule has 4 heteroatoms. The van der Waals surface area contributed by atoms with Gasteiger partial charge in [-0.25, -0.2) is 0 Å². The second-order valence-corrected chi connectivity index (χ2v) is 3.31. The van der Waals surface area contributed by atoms with E-state index in [2.05, 4.69) is 17.1 Å². The molecule has 1 aliphatic heterocycles. The van der Waals surface area contributed by atoms with Gasteiger partial charge in [0.2, 0.25) is 5.91 Å². The highest BCUT2D eigenvalue weighted by Gasteiger charge is 2.23. The van der Waals surface area contributed by atoms with Crippen molar-refractivity contribution < 1.29 is 4.79 Å². The number of carbonyl (C=O) groups excluding carboxylic acids is 1. The maximum atomic E-state index is 11.2. The van der Waals surface area contributed by atoms with Gasteiger partial charge in [0.25, 0.3) is 0 Å². The van der Waals surface area contributed by atoms with Crippen molar-refractivity contribution in [3.8, 4) is 6.19 Å². The number of hydrogen-bond donors (Lipinski definition) is 1. The summed E-state index contributed by atoms with van der Waals surface area (Å²) in [5.74, 6) is -0.0688. The topological polar surface area (TPSA) is 56.1 Å². The number of nitriles is 1. The van der Waals surface area contributed by atoms with Crippen LogP contribution in [-0.2, 0) is 4.79 Å². The van der Waals surface area contributed by atoms with E-state index in [1.807, 2.05) is 0 Å². The van der Waals surface area contributed by atoms with Crippen LogP contribution >= 0.6 is 0 Å². The lowest BCUT2D eigenvalue weighted by atomic mass is 9.96. The van der Waals surface area contributed by atoms with E-state index in [-0.39, 0.29) is 11.8 Å². The maximum Gasteiger partial charge on any atom is 0.236 e. The Kier molecular flexibility index (Phi) is 3.71. The first-order chi connectivity index (χ1) is 6.27. The Hall–Kier alpha value is -1.08. The van der Waals surface area contributed by atoms with Crippen molar-refractivity contribution in [3.63, 3.8) is 0 Å². The Morgan fingerprint density at radius 3 is 2.69 bits per heavy atom. The van der Waals surface area contributed by atoms with Crippen molar-refractivity contribution >= 4 is 5.91 Å². The monoisotopic (exact) mass is 181 g/mol. The Morgan fingerprint density at radius 1 is 1.62 bits per heavy atom. The van der Waals surface area contributed by atoms with E-state index in [0.717, 1.165) is 32.5 Å². The predicted octanol–water partition coefficient (Wildman–Crippen LogP) is 0.316. The molecule has 72 valence electrons. The van der Waals surface area contributed by atoms with Gasteiger partial charge in [0, 0.05) is 5.92 Å². The molecule has 0 saturated carbocycles. The number of likely N-dealkylation sites (tertiary alicyclic amines) is 1. The molecular weight excluding hydrogens is 166 g/mol. The summed E-state index contributed by atoms with van der Waals surface area (Å²) in [4.78, 5) is 13.6. The first kappa shape index (κ1) is 10.0. The number of hydrogen-bond acceptors (Lipinski definition) is 3. The summed E-state index contributed by atoms with van der Waals surface area (Å²) in [7, 11) is 0. The van der Waals surface area contributed by atoms with E-state index in [1.165, 1.54) is 0 Å². The first-order valence-corrected chi connectivity index (χ1v) is 4.69. The highest BCUT2D eigenvalue weighted by molar-refractivity contribution is 5.80. The molecule has 1 amide bonds. The summed E-state index contributed by atoms with van der Waals surface area (Å²) in [6, 6.07) is 0. The molecule has 0 radical (unpaired) electrons. The molecule has 0 unspecified atom stereocenters. The molecule has 0 aromatic heterocycles. The van der Waals surface area contributed by atoms with Crippen LogP contribution in [0.1, 0.15) is 19.8 Å². The minimum atomic E-state index is -0.113. The molecule has 1 saturated heterocycles. The lowest BCUT2D eigenvalue weighted by molar-refractivity contribution is -0.125. The van der Waals surface area contributed by atoms with Crippen LogP contribution in [0, 0.1) is 17.4 Å². The highest BCUT2D eigenvalue weighted by atomic mass is 16.1. The minimum absolute atomic E-state index is 0.0439. The van der Waals surface area contributed by atoms with Gasteiger partial charge >= 0.3 is 0 Å². The minimum Gasteiger partial charge on any atom is -0.304 e. The third-order valence-electron chi connectivity index (χ3n) is 2.58. The number of amides is 1. The van der Waals surface area contributed by atoms with Crippen LogP contribution in [0.3, 0.4) is 0 Å². The number of carbonyl (C=O) groups is 1. The summed E-state index contributed by atoms with van der Waals surface area (Å²) in [6.45, 7) is 5.11. The van der Waals surface area contributed by atoms with Gasteiger partial charge in [0.1, 0.15) is 0 Å². The summed E-state index contributed by atoms with van der Waals surface area (Å²) in [5, 5.41) is 10.5. The average molecular weight is 181 g/mol. The lowest BCUT2D eigenvalue weighted by Crippen LogP contribution is -2.39. The van der Waals surface area contributed by atoms with Gasteiger partial charge in [-0.2, -0.15) is 5.26 Å². The zero-order chi connectivity index (χ0) is 9.68. The summed E-state index contributed by atoms with van der Waals surface area (Å²) in [5.41, 5.74) is 0. The molecule has 1 aliphatic rings. The maximum absolute atomic E-state index is 11.2. The lowest BCUT2D eigenvalue weighted by Gasteiger charge is -2.29. The second-order valence-electron chi connectivity index (χ2n) is 3.31. The van der Waals surface area contributed by atoms with E-state index in [1.54, 1.807) is 6.19 Å². The molecular formula is C9H15N3O. The zero-order valence-corrected chi connectivity index (χ0v) is 7.92. The molecule has 0 aromatic rings. The number of nitrogens with zero attached hydrogens (tertiary/aromatic N) is 2. The Balaban J connectivity index is 2.33. The predicted molar refractivity (Wildman–Crippen MR) is 48.6 cm³/mol. The van der Waals surface area contributed by atoms with E-state index in [4.69, 9.17) is 5.26 Å². The largest absolute Gasteiger partial charge is 0.304 e. The van der Waals surface area contributed by atoms with E-state index in [9.17, 15) is 4.79 Å². The Labute approximate surface area is 78.5 Å². The molecule has 1 fully saturated rings. The second kappa shape index (κ2) is 4.83. The van der Waals surface area contributed by atoms with Crippen LogP contribution < -0.4 is 5.32 Å². The molecule has 0 aliphatic carbocycles. The Bertz CT molecular complexity index is 213. The van der Waals surface area contributed by atoms with Gasteiger partial charge in [-0.3, -0.25) is 10.1 Å². The third-order valence-corrected chi connectivity index (χ3v) is 2.58. The van der Waals surface area contributed by atoms with Gasteiger partial charge in [-0.1, -0.05) is 6.92 Å². The molecule has 0 bridgehead atoms. The summed E-state index contributed by atoms with van der Waals surface area (Å²) >= 11 is 0. The number of piperidine rings is 1. The first-order valence-electron chi connectivity index (χ1n) is 4.69. The highest BCUT2D eigenvalue weighted by Crippen LogP contribution is 2.16. The van der Waals surface area contributed by atoms with Gasteiger partial charge in [0.05, 0.1) is 0 Å². The molecule has 1 heterocycles. The van der Waals surface area contributed by atoms with Crippen LogP contribution in [0.2, 0.25) is 0 Å². The van der Waals surface area contributed by atoms with Crippen molar-refractivity contribution in [3.05, 3.63) is 0 Å². The fourth-order valence-electron chi connectivity index (χ4n) is 1.67. The molecule has 0 aromatic carbocycles. The van der Waals surface area contributed by atoms with E-state index in [0.29, 0.717) is 0 Å². The van der Waals surface area contributed by atoms with E-state index < -0.39 is 0 Å². The van der Waals surface area contributed by atoms with Crippen LogP contribution in [0.5, 0.6) is 0 Å². The fraction of sp³-hybridized carbons (Fsp3) is 0.778. The van der Waals surface area contributed by atoms with Crippen molar-refractivity contribution in [1.82, 2.24) is 10.2 Å². The fourth-order valence-corrected chi connectivity index (χ4v) is 1.67. The third kappa shape index (κ3) is 2.71. The van der Waals surface area contributed by atoms with Gasteiger partial charge < -0.3 is 4.90 Å². The smallest absolute Gasteiger partial charge is 0.236 e. The van der Waals surface area contributed by atoms with Gasteiger partial charge in [0.15, 0.2) is 6.19 Å². The molecule has 1 N–H and O–H groups in total. The van der Waals surface area contributed by atoms with Crippen molar-refractivity contribution in [2.45, 2.75) is 19.8 Å².